The number of furan rings is 1. The highest BCUT2D eigenvalue weighted by Gasteiger charge is 2.16. The van der Waals surface area contributed by atoms with Crippen LogP contribution in [0, 0.1) is 6.92 Å². The molecular weight excluding hydrogens is 210 g/mol. The largest absolute Gasteiger partial charge is 0.456 e. The molecule has 84 valence electrons. The summed E-state index contributed by atoms with van der Waals surface area (Å²) in [7, 11) is 0. The van der Waals surface area contributed by atoms with E-state index in [0.29, 0.717) is 11.6 Å². The van der Waals surface area contributed by atoms with Crippen LogP contribution in [0.1, 0.15) is 35.1 Å². The number of nitrogens with one attached hydrogen (secondary N) is 2. The number of amides is 1. The van der Waals surface area contributed by atoms with Crippen molar-refractivity contribution in [3.8, 4) is 0 Å². The van der Waals surface area contributed by atoms with Crippen LogP contribution in [0.5, 0.6) is 0 Å². The Morgan fingerprint density at radius 3 is 2.94 bits per heavy atom. The van der Waals surface area contributed by atoms with Crippen LogP contribution in [0.25, 0.3) is 0 Å². The summed E-state index contributed by atoms with van der Waals surface area (Å²) in [5.74, 6) is 1.09. The van der Waals surface area contributed by atoms with Crippen molar-refractivity contribution >= 4 is 5.91 Å². The summed E-state index contributed by atoms with van der Waals surface area (Å²) in [5.41, 5.74) is 0. The highest BCUT2D eigenvalue weighted by atomic mass is 16.3. The molecule has 0 aliphatic heterocycles. The van der Waals surface area contributed by atoms with Gasteiger partial charge in [-0.1, -0.05) is 5.21 Å². The molecule has 0 spiro atoms. The zero-order valence-corrected chi connectivity index (χ0v) is 8.89. The van der Waals surface area contributed by atoms with Crippen LogP contribution >= 0.6 is 0 Å². The summed E-state index contributed by atoms with van der Waals surface area (Å²) in [5, 5.41) is 16.0. The summed E-state index contributed by atoms with van der Waals surface area (Å²) >= 11 is 0. The minimum Gasteiger partial charge on any atom is -0.456 e. The van der Waals surface area contributed by atoms with E-state index in [1.165, 1.54) is 0 Å². The predicted molar refractivity (Wildman–Crippen MR) is 53.5 cm³/mol. The van der Waals surface area contributed by atoms with Gasteiger partial charge < -0.3 is 9.73 Å². The van der Waals surface area contributed by atoms with Gasteiger partial charge in [-0.2, -0.15) is 5.21 Å². The van der Waals surface area contributed by atoms with Gasteiger partial charge in [0.15, 0.2) is 11.6 Å². The van der Waals surface area contributed by atoms with Crippen LogP contribution in [0.3, 0.4) is 0 Å². The lowest BCUT2D eigenvalue weighted by Gasteiger charge is -2.07. The minimum atomic E-state index is -0.323. The highest BCUT2D eigenvalue weighted by molar-refractivity contribution is 5.91. The lowest BCUT2D eigenvalue weighted by Crippen LogP contribution is -2.27. The first-order valence-electron chi connectivity index (χ1n) is 4.77. The van der Waals surface area contributed by atoms with Crippen molar-refractivity contribution in [1.29, 1.82) is 0 Å². The van der Waals surface area contributed by atoms with Crippen molar-refractivity contribution in [2.45, 2.75) is 19.9 Å². The quantitative estimate of drug-likeness (QED) is 0.790. The molecule has 0 saturated carbocycles. The Hall–Kier alpha value is -2.18. The van der Waals surface area contributed by atoms with Gasteiger partial charge in [0.05, 0.1) is 6.04 Å². The Bertz CT molecular complexity index is 476. The van der Waals surface area contributed by atoms with Crippen molar-refractivity contribution in [2.24, 2.45) is 0 Å². The first-order chi connectivity index (χ1) is 7.66. The van der Waals surface area contributed by atoms with Crippen LogP contribution in [0.2, 0.25) is 0 Å². The van der Waals surface area contributed by atoms with E-state index in [4.69, 9.17) is 4.42 Å². The molecule has 0 radical (unpaired) electrons. The van der Waals surface area contributed by atoms with E-state index in [0.717, 1.165) is 0 Å². The molecule has 2 aromatic heterocycles. The van der Waals surface area contributed by atoms with Crippen molar-refractivity contribution in [1.82, 2.24) is 25.9 Å². The van der Waals surface area contributed by atoms with Gasteiger partial charge >= 0.3 is 0 Å². The van der Waals surface area contributed by atoms with Crippen LogP contribution in [0.15, 0.2) is 16.5 Å². The van der Waals surface area contributed by atoms with E-state index >= 15 is 0 Å². The molecule has 7 heteroatoms. The Morgan fingerprint density at radius 1 is 1.56 bits per heavy atom. The molecule has 1 unspecified atom stereocenters. The minimum absolute atomic E-state index is 0.271. The van der Waals surface area contributed by atoms with E-state index in [1.807, 2.05) is 0 Å². The summed E-state index contributed by atoms with van der Waals surface area (Å²) < 4.78 is 5.19. The zero-order valence-electron chi connectivity index (χ0n) is 8.89. The average molecular weight is 221 g/mol. The SMILES string of the molecule is Cc1ccc(C(=O)NC(C)c2nn[nH]n2)o1. The third-order valence-electron chi connectivity index (χ3n) is 2.06. The first kappa shape index (κ1) is 10.3. The van der Waals surface area contributed by atoms with Gasteiger partial charge in [0, 0.05) is 0 Å². The molecule has 2 rings (SSSR count). The van der Waals surface area contributed by atoms with Crippen LogP contribution in [0.4, 0.5) is 0 Å². The fraction of sp³-hybridized carbons (Fsp3) is 0.333. The second kappa shape index (κ2) is 4.13. The number of tetrazole rings is 1. The maximum atomic E-state index is 11.7. The maximum Gasteiger partial charge on any atom is 0.287 e. The van der Waals surface area contributed by atoms with Gasteiger partial charge in [0.2, 0.25) is 0 Å². The Balaban J connectivity index is 2.03. The van der Waals surface area contributed by atoms with Gasteiger partial charge in [-0.05, 0) is 26.0 Å². The number of carbonyl (C=O) groups excluding carboxylic acids is 1. The predicted octanol–water partition coefficient (Wildman–Crippen LogP) is 0.592. The number of aromatic nitrogens is 4. The van der Waals surface area contributed by atoms with Gasteiger partial charge in [0.25, 0.3) is 5.91 Å². The van der Waals surface area contributed by atoms with E-state index in [1.54, 1.807) is 26.0 Å². The summed E-state index contributed by atoms with van der Waals surface area (Å²) in [6.45, 7) is 3.54. The van der Waals surface area contributed by atoms with Crippen LogP contribution in [-0.2, 0) is 0 Å². The third kappa shape index (κ3) is 2.08. The maximum absolute atomic E-state index is 11.7. The summed E-state index contributed by atoms with van der Waals surface area (Å²) in [4.78, 5) is 11.7. The molecule has 0 aliphatic carbocycles. The number of rotatable bonds is 3. The smallest absolute Gasteiger partial charge is 0.287 e. The van der Waals surface area contributed by atoms with Crippen molar-refractivity contribution < 1.29 is 9.21 Å². The molecule has 0 saturated heterocycles. The van der Waals surface area contributed by atoms with Crippen molar-refractivity contribution in [3.63, 3.8) is 0 Å². The van der Waals surface area contributed by atoms with Crippen molar-refractivity contribution in [2.75, 3.05) is 0 Å². The van der Waals surface area contributed by atoms with Gasteiger partial charge in [-0.15, -0.1) is 10.2 Å². The normalized spacial score (nSPS) is 12.4. The molecule has 0 bridgehead atoms. The molecule has 0 aliphatic rings. The molecular formula is C9H11N5O2. The Morgan fingerprint density at radius 2 is 2.38 bits per heavy atom. The monoisotopic (exact) mass is 221 g/mol. The fourth-order valence-corrected chi connectivity index (χ4v) is 1.24. The average Bonchev–Trinajstić information content (AvgIpc) is 2.87. The summed E-state index contributed by atoms with van der Waals surface area (Å²) in [6.07, 6.45) is 0. The second-order valence-electron chi connectivity index (χ2n) is 3.38. The lowest BCUT2D eigenvalue weighted by atomic mass is 10.3. The lowest BCUT2D eigenvalue weighted by molar-refractivity contribution is 0.0909. The molecule has 7 nitrogen and oxygen atoms in total. The van der Waals surface area contributed by atoms with E-state index in [2.05, 4.69) is 25.9 Å². The van der Waals surface area contributed by atoms with Crippen molar-refractivity contribution in [3.05, 3.63) is 29.5 Å². The molecule has 1 atom stereocenters. The first-order valence-corrected chi connectivity index (χ1v) is 4.77. The molecule has 0 fully saturated rings. The van der Waals surface area contributed by atoms with Gasteiger partial charge in [-0.25, -0.2) is 0 Å². The molecule has 0 aromatic carbocycles. The molecule has 2 aromatic rings. The molecule has 2 N–H and O–H groups in total. The van der Waals surface area contributed by atoms with Gasteiger partial charge in [0.1, 0.15) is 5.76 Å². The Labute approximate surface area is 91.2 Å². The number of aromatic amines is 1. The number of carbonyl (C=O) groups is 1. The van der Waals surface area contributed by atoms with Crippen LogP contribution in [-0.4, -0.2) is 26.5 Å². The van der Waals surface area contributed by atoms with E-state index < -0.39 is 0 Å². The Kier molecular flexibility index (Phi) is 2.67. The molecule has 1 amide bonds. The number of H-pyrrole nitrogens is 1. The molecule has 2 heterocycles. The second-order valence-corrected chi connectivity index (χ2v) is 3.38. The number of hydrogen-bond donors (Lipinski definition) is 2. The number of aryl methyl sites for hydroxylation is 1. The van der Waals surface area contributed by atoms with Crippen LogP contribution < -0.4 is 5.32 Å². The van der Waals surface area contributed by atoms with E-state index in [-0.39, 0.29) is 17.7 Å². The molecule has 16 heavy (non-hydrogen) atoms. The highest BCUT2D eigenvalue weighted by Crippen LogP contribution is 2.09. The topological polar surface area (TPSA) is 96.7 Å². The standard InChI is InChI=1S/C9H11N5O2/c1-5-3-4-7(16-5)9(15)10-6(2)8-11-13-14-12-8/h3-4,6H,1-2H3,(H,10,15)(H,11,12,13,14). The van der Waals surface area contributed by atoms with Gasteiger partial charge in [-0.3, -0.25) is 4.79 Å². The zero-order chi connectivity index (χ0) is 11.5. The fourth-order valence-electron chi connectivity index (χ4n) is 1.24. The number of hydrogen-bond acceptors (Lipinski definition) is 5. The number of nitrogens with zero attached hydrogens (tertiary/aromatic N) is 3. The third-order valence-corrected chi connectivity index (χ3v) is 2.06. The summed E-state index contributed by atoms with van der Waals surface area (Å²) in [6, 6.07) is 3.03. The van der Waals surface area contributed by atoms with E-state index in [9.17, 15) is 4.79 Å².